The average Bonchev–Trinajstić information content (AvgIpc) is 2.52. The predicted octanol–water partition coefficient (Wildman–Crippen LogP) is 2.02. The monoisotopic (exact) mass is 153 g/mol. The first-order chi connectivity index (χ1) is 5.34. The molecule has 0 saturated carbocycles. The molecular formula is C9H15NO. The van der Waals surface area contributed by atoms with Gasteiger partial charge in [0.25, 0.3) is 0 Å². The maximum atomic E-state index is 5.33. The van der Waals surface area contributed by atoms with Crippen LogP contribution in [0, 0.1) is 5.92 Å². The van der Waals surface area contributed by atoms with Gasteiger partial charge >= 0.3 is 0 Å². The molecule has 0 aromatic rings. The van der Waals surface area contributed by atoms with Gasteiger partial charge < -0.3 is 4.74 Å². The van der Waals surface area contributed by atoms with Gasteiger partial charge in [-0.15, -0.1) is 6.58 Å². The van der Waals surface area contributed by atoms with Gasteiger partial charge in [-0.25, -0.2) is 0 Å². The molecule has 0 amide bonds. The highest BCUT2D eigenvalue weighted by Crippen LogP contribution is 2.12. The second-order valence-electron chi connectivity index (χ2n) is 2.84. The summed E-state index contributed by atoms with van der Waals surface area (Å²) in [6.07, 6.45) is 4.08. The molecule has 0 radical (unpaired) electrons. The van der Waals surface area contributed by atoms with E-state index in [9.17, 15) is 0 Å². The minimum Gasteiger partial charge on any atom is -0.479 e. The zero-order chi connectivity index (χ0) is 8.10. The standard InChI is InChI=1S/C9H15NO/c1-3-4-5-8(2)9-10-6-7-11-9/h3,8H,1,4-7H2,2H3. The second kappa shape index (κ2) is 4.16. The van der Waals surface area contributed by atoms with Gasteiger partial charge in [0, 0.05) is 5.92 Å². The molecule has 1 heterocycles. The lowest BCUT2D eigenvalue weighted by Gasteiger charge is -2.08. The fourth-order valence-electron chi connectivity index (χ4n) is 1.14. The van der Waals surface area contributed by atoms with Crippen LogP contribution in [0.4, 0.5) is 0 Å². The van der Waals surface area contributed by atoms with Gasteiger partial charge in [0.15, 0.2) is 5.90 Å². The van der Waals surface area contributed by atoms with Gasteiger partial charge in [0.2, 0.25) is 0 Å². The molecule has 0 aliphatic carbocycles. The number of ether oxygens (including phenoxy) is 1. The maximum absolute atomic E-state index is 5.33. The lowest BCUT2D eigenvalue weighted by atomic mass is 10.1. The zero-order valence-corrected chi connectivity index (χ0v) is 7.05. The Balaban J connectivity index is 2.28. The average molecular weight is 153 g/mol. The topological polar surface area (TPSA) is 21.6 Å². The Morgan fingerprint density at radius 1 is 1.82 bits per heavy atom. The van der Waals surface area contributed by atoms with Crippen molar-refractivity contribution >= 4 is 5.90 Å². The van der Waals surface area contributed by atoms with E-state index < -0.39 is 0 Å². The molecule has 1 atom stereocenters. The Bertz CT molecular complexity index is 163. The van der Waals surface area contributed by atoms with Gasteiger partial charge in [0.05, 0.1) is 6.54 Å². The van der Waals surface area contributed by atoms with Crippen LogP contribution in [-0.4, -0.2) is 19.0 Å². The van der Waals surface area contributed by atoms with E-state index in [1.54, 1.807) is 0 Å². The van der Waals surface area contributed by atoms with Crippen molar-refractivity contribution in [1.82, 2.24) is 0 Å². The molecule has 1 aliphatic heterocycles. The highest BCUT2D eigenvalue weighted by Gasteiger charge is 2.14. The van der Waals surface area contributed by atoms with Crippen LogP contribution in [-0.2, 0) is 4.74 Å². The summed E-state index contributed by atoms with van der Waals surface area (Å²) in [5.41, 5.74) is 0. The fraction of sp³-hybridized carbons (Fsp3) is 0.667. The number of nitrogens with zero attached hydrogens (tertiary/aromatic N) is 1. The van der Waals surface area contributed by atoms with Crippen LogP contribution in [0.5, 0.6) is 0 Å². The number of hydrogen-bond acceptors (Lipinski definition) is 2. The third kappa shape index (κ3) is 2.37. The van der Waals surface area contributed by atoms with E-state index in [1.807, 2.05) is 6.08 Å². The number of hydrogen-bond donors (Lipinski definition) is 0. The molecule has 0 N–H and O–H groups in total. The number of allylic oxidation sites excluding steroid dienone is 1. The minimum atomic E-state index is 0.468. The van der Waals surface area contributed by atoms with Crippen LogP contribution in [0.1, 0.15) is 19.8 Å². The summed E-state index contributed by atoms with van der Waals surface area (Å²) in [6, 6.07) is 0. The van der Waals surface area contributed by atoms with Gasteiger partial charge in [-0.2, -0.15) is 0 Å². The van der Waals surface area contributed by atoms with Crippen molar-refractivity contribution in [2.24, 2.45) is 10.9 Å². The first kappa shape index (κ1) is 8.31. The molecule has 0 fully saturated rings. The van der Waals surface area contributed by atoms with Crippen LogP contribution in [0.25, 0.3) is 0 Å². The highest BCUT2D eigenvalue weighted by atomic mass is 16.5. The molecule has 2 heteroatoms. The van der Waals surface area contributed by atoms with E-state index in [4.69, 9.17) is 4.74 Å². The van der Waals surface area contributed by atoms with Crippen LogP contribution in [0.2, 0.25) is 0 Å². The summed E-state index contributed by atoms with van der Waals surface area (Å²) in [5, 5.41) is 0. The molecule has 1 unspecified atom stereocenters. The van der Waals surface area contributed by atoms with Crippen molar-refractivity contribution in [3.63, 3.8) is 0 Å². The lowest BCUT2D eigenvalue weighted by Crippen LogP contribution is -2.10. The summed E-state index contributed by atoms with van der Waals surface area (Å²) in [4.78, 5) is 4.25. The molecule has 0 bridgehead atoms. The molecule has 1 aliphatic rings. The van der Waals surface area contributed by atoms with Crippen molar-refractivity contribution in [3.05, 3.63) is 12.7 Å². The molecular weight excluding hydrogens is 138 g/mol. The predicted molar refractivity (Wildman–Crippen MR) is 46.8 cm³/mol. The minimum absolute atomic E-state index is 0.468. The normalized spacial score (nSPS) is 18.8. The van der Waals surface area contributed by atoms with Gasteiger partial charge in [-0.05, 0) is 12.8 Å². The zero-order valence-electron chi connectivity index (χ0n) is 7.05. The quantitative estimate of drug-likeness (QED) is 0.566. The third-order valence-corrected chi connectivity index (χ3v) is 1.83. The fourth-order valence-corrected chi connectivity index (χ4v) is 1.14. The van der Waals surface area contributed by atoms with E-state index in [1.165, 1.54) is 0 Å². The Morgan fingerprint density at radius 3 is 3.18 bits per heavy atom. The van der Waals surface area contributed by atoms with Crippen molar-refractivity contribution < 1.29 is 4.74 Å². The first-order valence-electron chi connectivity index (χ1n) is 4.12. The van der Waals surface area contributed by atoms with Crippen molar-refractivity contribution in [2.45, 2.75) is 19.8 Å². The molecule has 11 heavy (non-hydrogen) atoms. The van der Waals surface area contributed by atoms with E-state index in [0.29, 0.717) is 5.92 Å². The molecule has 62 valence electrons. The Morgan fingerprint density at radius 2 is 2.64 bits per heavy atom. The van der Waals surface area contributed by atoms with Gasteiger partial charge in [0.1, 0.15) is 6.61 Å². The van der Waals surface area contributed by atoms with Crippen LogP contribution in [0.3, 0.4) is 0 Å². The smallest absolute Gasteiger partial charge is 0.186 e. The SMILES string of the molecule is C=CCCC(C)C1=NCCO1. The van der Waals surface area contributed by atoms with Crippen LogP contribution < -0.4 is 0 Å². The largest absolute Gasteiger partial charge is 0.479 e. The summed E-state index contributed by atoms with van der Waals surface area (Å²) in [6.45, 7) is 7.44. The van der Waals surface area contributed by atoms with Crippen LogP contribution >= 0.6 is 0 Å². The van der Waals surface area contributed by atoms with Gasteiger partial charge in [-0.1, -0.05) is 13.0 Å². The molecule has 0 aromatic carbocycles. The molecule has 2 nitrogen and oxygen atoms in total. The Hall–Kier alpha value is -0.790. The lowest BCUT2D eigenvalue weighted by molar-refractivity contribution is 0.322. The molecule has 0 spiro atoms. The van der Waals surface area contributed by atoms with Crippen LogP contribution in [0.15, 0.2) is 17.6 Å². The molecule has 1 rings (SSSR count). The van der Waals surface area contributed by atoms with E-state index in [2.05, 4.69) is 18.5 Å². The highest BCUT2D eigenvalue weighted by molar-refractivity contribution is 5.79. The third-order valence-electron chi connectivity index (χ3n) is 1.83. The Labute approximate surface area is 68.0 Å². The van der Waals surface area contributed by atoms with E-state index in [0.717, 1.165) is 31.9 Å². The molecule has 0 saturated heterocycles. The summed E-state index contributed by atoms with van der Waals surface area (Å²) in [7, 11) is 0. The van der Waals surface area contributed by atoms with E-state index >= 15 is 0 Å². The summed E-state index contributed by atoms with van der Waals surface area (Å²) >= 11 is 0. The first-order valence-corrected chi connectivity index (χ1v) is 4.12. The van der Waals surface area contributed by atoms with Crippen molar-refractivity contribution in [2.75, 3.05) is 13.2 Å². The van der Waals surface area contributed by atoms with Crippen molar-refractivity contribution in [1.29, 1.82) is 0 Å². The summed E-state index contributed by atoms with van der Waals surface area (Å²) < 4.78 is 5.33. The summed E-state index contributed by atoms with van der Waals surface area (Å²) in [5.74, 6) is 1.40. The van der Waals surface area contributed by atoms with E-state index in [-0.39, 0.29) is 0 Å². The van der Waals surface area contributed by atoms with Gasteiger partial charge in [-0.3, -0.25) is 4.99 Å². The number of aliphatic imine (C=N–C) groups is 1. The second-order valence-corrected chi connectivity index (χ2v) is 2.84. The van der Waals surface area contributed by atoms with Crippen molar-refractivity contribution in [3.8, 4) is 0 Å². The number of rotatable bonds is 4. The maximum Gasteiger partial charge on any atom is 0.186 e. The Kier molecular flexibility index (Phi) is 3.14. The molecule has 0 aromatic heterocycles.